The summed E-state index contributed by atoms with van der Waals surface area (Å²) in [7, 11) is -2.25. The van der Waals surface area contributed by atoms with Gasteiger partial charge in [-0.25, -0.2) is 87.8 Å². The van der Waals surface area contributed by atoms with Gasteiger partial charge in [0.1, 0.15) is 82.0 Å². The Balaban J connectivity index is 0.000000236. The smallest absolute Gasteiger partial charge is 0.201 e. The van der Waals surface area contributed by atoms with Gasteiger partial charge in [-0.2, -0.15) is 0 Å². The normalized spacial score (nSPS) is 11.6. The highest BCUT2D eigenvalue weighted by molar-refractivity contribution is 7.96. The third kappa shape index (κ3) is 8.96. The summed E-state index contributed by atoms with van der Waals surface area (Å²) < 4.78 is 294. The van der Waals surface area contributed by atoms with Gasteiger partial charge in [0, 0.05) is 11.1 Å². The molecule has 0 aliphatic rings. The third-order valence-corrected chi connectivity index (χ3v) is 16.6. The van der Waals surface area contributed by atoms with E-state index in [0.29, 0.717) is 17.3 Å². The van der Waals surface area contributed by atoms with Crippen molar-refractivity contribution in [3.63, 3.8) is 0 Å². The molecule has 0 aliphatic carbocycles. The summed E-state index contributed by atoms with van der Waals surface area (Å²) in [5.74, 6) is -71.4. The lowest BCUT2D eigenvalue weighted by Crippen LogP contribution is -2.81. The first-order chi connectivity index (χ1) is 35.8. The summed E-state index contributed by atoms with van der Waals surface area (Å²) >= 11 is 0. The zero-order valence-corrected chi connectivity index (χ0v) is 38.5. The first-order valence-electron chi connectivity index (χ1n) is 21.2. The van der Waals surface area contributed by atoms with E-state index in [4.69, 9.17) is 0 Å². The maximum atomic E-state index is 15.4. The van der Waals surface area contributed by atoms with Crippen molar-refractivity contribution in [2.45, 2.75) is 6.92 Å². The first kappa shape index (κ1) is 55.9. The third-order valence-electron chi connectivity index (χ3n) is 12.3. The SMILES string of the molecule is CC(=O)c1cccc(C(=O)C[P+](c2ccccc2)(c2ccccc2)c2ccccc2)c1.Fc1c(F)c(F)c([B-](c2c(F)c(F)c(F)c(F)c2F)(c2c(F)c(F)c(F)c(F)c2F)c2c(F)c(F)c(F)c(F)c2F)c(F)c1F. The maximum absolute atomic E-state index is 15.4. The number of ketones is 2. The van der Waals surface area contributed by atoms with Crippen molar-refractivity contribution in [3.05, 3.63) is 243 Å². The maximum Gasteiger partial charge on any atom is 0.201 e. The van der Waals surface area contributed by atoms with Gasteiger partial charge in [-0.1, -0.05) is 72.8 Å². The average Bonchev–Trinajstić information content (AvgIpc) is 3.57. The van der Waals surface area contributed by atoms with Crippen LogP contribution in [-0.2, 0) is 0 Å². The Morgan fingerprint density at radius 1 is 0.316 bits per heavy atom. The molecule has 8 aromatic rings. The molecule has 0 spiro atoms. The zero-order valence-electron chi connectivity index (χ0n) is 37.6. The lowest BCUT2D eigenvalue weighted by Gasteiger charge is -2.44. The Hall–Kier alpha value is -7.81. The van der Waals surface area contributed by atoms with E-state index in [-0.39, 0.29) is 11.6 Å². The lowest BCUT2D eigenvalue weighted by atomic mass is 9.12. The fraction of sp³-hybridized carbons (Fsp3) is 0.0385. The monoisotopic (exact) mass is 1100 g/mol. The number of Topliss-reactive ketones (excluding diaryl/α,β-unsaturated/α-hetero) is 2. The lowest BCUT2D eigenvalue weighted by molar-refractivity contribution is 0.101. The number of carbonyl (C=O) groups is 2. The molecule has 8 rings (SSSR count). The van der Waals surface area contributed by atoms with Crippen molar-refractivity contribution >= 4 is 62.7 Å². The summed E-state index contributed by atoms with van der Waals surface area (Å²) in [5.41, 5.74) is -13.2. The Morgan fingerprint density at radius 2 is 0.539 bits per heavy atom. The second-order valence-corrected chi connectivity index (χ2v) is 19.8. The molecule has 0 aliphatic heterocycles. The van der Waals surface area contributed by atoms with Gasteiger partial charge < -0.3 is 0 Å². The molecule has 0 saturated heterocycles. The van der Waals surface area contributed by atoms with Crippen LogP contribution in [0.5, 0.6) is 0 Å². The second-order valence-electron chi connectivity index (χ2n) is 16.3. The highest BCUT2D eigenvalue weighted by Gasteiger charge is 2.53. The van der Waals surface area contributed by atoms with Crippen LogP contribution in [0.4, 0.5) is 87.8 Å². The predicted octanol–water partition coefficient (Wildman–Crippen LogP) is 10.9. The van der Waals surface area contributed by atoms with Gasteiger partial charge in [0.05, 0.1) is 0 Å². The highest BCUT2D eigenvalue weighted by Crippen LogP contribution is 2.55. The Labute approximate surface area is 415 Å². The van der Waals surface area contributed by atoms with E-state index >= 15 is 35.1 Å². The molecule has 0 radical (unpaired) electrons. The minimum Gasteiger partial charge on any atom is -0.295 e. The van der Waals surface area contributed by atoms with Gasteiger partial charge in [0.15, 0.2) is 75.6 Å². The molecule has 0 bridgehead atoms. The molecule has 0 N–H and O–H groups in total. The van der Waals surface area contributed by atoms with E-state index in [1.54, 1.807) is 18.2 Å². The molecule has 392 valence electrons. The summed E-state index contributed by atoms with van der Waals surface area (Å²) in [4.78, 5) is 25.5. The van der Waals surface area contributed by atoms with Crippen LogP contribution in [0.3, 0.4) is 0 Å². The van der Waals surface area contributed by atoms with E-state index in [0.717, 1.165) is 0 Å². The molecule has 76 heavy (non-hydrogen) atoms. The predicted molar refractivity (Wildman–Crippen MR) is 240 cm³/mol. The number of hydrogen-bond donors (Lipinski definition) is 0. The van der Waals surface area contributed by atoms with Crippen molar-refractivity contribution in [1.82, 2.24) is 0 Å². The molecular formula is C52H24BF20O2P. The zero-order chi connectivity index (χ0) is 56.0. The number of halogens is 20. The van der Waals surface area contributed by atoms with E-state index in [2.05, 4.69) is 36.4 Å². The van der Waals surface area contributed by atoms with Crippen LogP contribution in [-0.4, -0.2) is 23.9 Å². The summed E-state index contributed by atoms with van der Waals surface area (Å²) in [6.45, 7) is 1.53. The number of carbonyl (C=O) groups excluding carboxylic acids is 2. The first-order valence-corrected chi connectivity index (χ1v) is 23.2. The topological polar surface area (TPSA) is 34.1 Å². The van der Waals surface area contributed by atoms with Crippen LogP contribution in [0, 0.1) is 116 Å². The van der Waals surface area contributed by atoms with Crippen molar-refractivity contribution < 1.29 is 97.4 Å². The standard InChI is InChI=1S/C28H24O2P.C24BF20/c1-22(29)23-12-11-13-24(20-23)28(30)21-31(25-14-5-2-6-15-25,26-16-7-3-8-17-26)27-18-9-4-10-19-27;26-5-1(6(27)14(35)21(42)13(5)34)25(2-7(28)15(36)22(43)16(37)8(2)29,3-9(30)17(38)23(44)18(39)10(3)31)4-11(32)19(40)24(45)20(41)12(4)33/h2-20H,21H2,1H3;/q+1;-1. The van der Waals surface area contributed by atoms with Gasteiger partial charge in [0.25, 0.3) is 0 Å². The van der Waals surface area contributed by atoms with Crippen molar-refractivity contribution in [3.8, 4) is 0 Å². The van der Waals surface area contributed by atoms with Crippen molar-refractivity contribution in [2.75, 3.05) is 6.16 Å². The summed E-state index contributed by atoms with van der Waals surface area (Å²) in [5, 5.41) is 3.51. The number of benzene rings is 8. The van der Waals surface area contributed by atoms with E-state index < -0.39 is 152 Å². The van der Waals surface area contributed by atoms with Crippen LogP contribution in [0.25, 0.3) is 0 Å². The molecule has 0 aromatic heterocycles. The Bertz CT molecular complexity index is 3140. The molecule has 0 unspecified atom stereocenters. The Kier molecular flexibility index (Phi) is 15.8. The summed E-state index contributed by atoms with van der Waals surface area (Å²) in [6.07, 6.45) is -6.85. The van der Waals surface area contributed by atoms with Gasteiger partial charge >= 0.3 is 0 Å². The van der Waals surface area contributed by atoms with Crippen LogP contribution in [0.2, 0.25) is 0 Å². The minimum atomic E-state index is -7.22. The fourth-order valence-corrected chi connectivity index (χ4v) is 13.0. The molecule has 8 aromatic carbocycles. The van der Waals surface area contributed by atoms with Crippen molar-refractivity contribution in [2.24, 2.45) is 0 Å². The van der Waals surface area contributed by atoms with Crippen LogP contribution >= 0.6 is 7.26 Å². The van der Waals surface area contributed by atoms with Crippen molar-refractivity contribution in [1.29, 1.82) is 0 Å². The largest absolute Gasteiger partial charge is 0.295 e. The summed E-state index contributed by atoms with van der Waals surface area (Å²) in [6, 6.07) is 38.1. The van der Waals surface area contributed by atoms with Gasteiger partial charge in [0.2, 0.25) is 5.78 Å². The molecule has 2 nitrogen and oxygen atoms in total. The van der Waals surface area contributed by atoms with Crippen LogP contribution in [0.1, 0.15) is 27.6 Å². The van der Waals surface area contributed by atoms with E-state index in [1.165, 1.54) is 22.8 Å². The minimum absolute atomic E-state index is 0.0371. The molecule has 0 heterocycles. The second kappa shape index (κ2) is 21.4. The Morgan fingerprint density at radius 3 is 0.776 bits per heavy atom. The number of hydrogen-bond acceptors (Lipinski definition) is 2. The average molecular weight is 1100 g/mol. The molecule has 24 heteroatoms. The quantitative estimate of drug-likeness (QED) is 0.0323. The van der Waals surface area contributed by atoms with Crippen LogP contribution in [0.15, 0.2) is 115 Å². The van der Waals surface area contributed by atoms with Gasteiger partial charge in [-0.3, -0.25) is 9.59 Å². The van der Waals surface area contributed by atoms with Gasteiger partial charge in [-0.15, -0.1) is 21.9 Å². The molecular weight excluding hydrogens is 1080 g/mol. The molecule has 0 atom stereocenters. The van der Waals surface area contributed by atoms with Gasteiger partial charge in [-0.05, 0) is 49.4 Å². The highest BCUT2D eigenvalue weighted by atomic mass is 31.2. The molecule has 0 fully saturated rings. The van der Waals surface area contributed by atoms with Crippen LogP contribution < -0.4 is 37.8 Å². The molecule has 0 saturated carbocycles. The van der Waals surface area contributed by atoms with E-state index in [9.17, 15) is 62.3 Å². The number of rotatable bonds is 11. The fourth-order valence-electron chi connectivity index (χ4n) is 8.86. The van der Waals surface area contributed by atoms with E-state index in [1.807, 2.05) is 60.7 Å². The molecule has 0 amide bonds.